The Morgan fingerprint density at radius 2 is 1.74 bits per heavy atom. The van der Waals surface area contributed by atoms with Crippen LogP contribution in [0.4, 0.5) is 5.69 Å². The molecule has 0 unspecified atom stereocenters. The average molecular weight is 601 g/mol. The zero-order chi connectivity index (χ0) is 23.7. The van der Waals surface area contributed by atoms with E-state index in [0.717, 1.165) is 9.13 Å². The highest BCUT2D eigenvalue weighted by Gasteiger charge is 2.13. The van der Waals surface area contributed by atoms with E-state index in [4.69, 9.17) is 32.0 Å². The van der Waals surface area contributed by atoms with Gasteiger partial charge in [-0.15, -0.1) is 0 Å². The zero-order valence-corrected chi connectivity index (χ0v) is 21.1. The second kappa shape index (κ2) is 9.66. The number of nitrogens with zero attached hydrogens (tertiary/aromatic N) is 1. The number of nitrogens with one attached hydrogen (secondary N) is 1. The molecule has 3 aromatic carbocycles. The molecule has 34 heavy (non-hydrogen) atoms. The van der Waals surface area contributed by atoms with Crippen LogP contribution in [0.3, 0.4) is 0 Å². The topological polar surface area (TPSA) is 68.3 Å². The molecule has 0 aliphatic carbocycles. The van der Waals surface area contributed by atoms with Gasteiger partial charge < -0.3 is 14.2 Å². The number of carbonyl (C=O) groups excluding carboxylic acids is 1. The number of carbonyl (C=O) groups is 1. The van der Waals surface area contributed by atoms with E-state index in [1.54, 1.807) is 36.4 Å². The molecule has 0 saturated heterocycles. The highest BCUT2D eigenvalue weighted by molar-refractivity contribution is 14.1. The molecule has 0 aliphatic rings. The number of anilines is 1. The Bertz CT molecular complexity index is 1560. The van der Waals surface area contributed by atoms with Gasteiger partial charge in [0, 0.05) is 20.9 Å². The third-order valence-corrected chi connectivity index (χ3v) is 6.31. The largest absolute Gasteiger partial charge is 0.457 e. The van der Waals surface area contributed by atoms with E-state index in [0.29, 0.717) is 49.8 Å². The standard InChI is InChI=1S/C26H15Cl2IN2O3/c27-20-4-2-1-3-18(20)23-11-7-17(33-23)8-12-25(32)30-16-6-10-24-22(14-16)31-26(34-24)19-13-15(29)5-9-21(19)28/h1-14H,(H,30,32)/b12-8+. The fraction of sp³-hybridized carbons (Fsp3) is 0. The Kier molecular flexibility index (Phi) is 6.45. The Labute approximate surface area is 218 Å². The highest BCUT2D eigenvalue weighted by atomic mass is 127. The van der Waals surface area contributed by atoms with Crippen molar-refractivity contribution in [2.75, 3.05) is 5.32 Å². The molecule has 5 aromatic rings. The lowest BCUT2D eigenvalue weighted by molar-refractivity contribution is -0.111. The van der Waals surface area contributed by atoms with Crippen LogP contribution in [-0.2, 0) is 4.79 Å². The van der Waals surface area contributed by atoms with Gasteiger partial charge in [0.2, 0.25) is 11.8 Å². The van der Waals surface area contributed by atoms with Crippen molar-refractivity contribution < 1.29 is 13.6 Å². The Morgan fingerprint density at radius 3 is 2.59 bits per heavy atom. The minimum atomic E-state index is -0.306. The number of benzene rings is 3. The third-order valence-electron chi connectivity index (χ3n) is 4.98. The molecule has 0 fully saturated rings. The molecule has 1 amide bonds. The zero-order valence-electron chi connectivity index (χ0n) is 17.4. The van der Waals surface area contributed by atoms with E-state index in [1.807, 2.05) is 42.5 Å². The summed E-state index contributed by atoms with van der Waals surface area (Å²) in [6, 6.07) is 21.9. The summed E-state index contributed by atoms with van der Waals surface area (Å²) in [4.78, 5) is 17.0. The van der Waals surface area contributed by atoms with Gasteiger partial charge in [-0.3, -0.25) is 4.79 Å². The summed E-state index contributed by atoms with van der Waals surface area (Å²) < 4.78 is 12.7. The first-order valence-electron chi connectivity index (χ1n) is 10.2. The van der Waals surface area contributed by atoms with Crippen LogP contribution in [0, 0.1) is 3.57 Å². The monoisotopic (exact) mass is 600 g/mol. The van der Waals surface area contributed by atoms with Gasteiger partial charge in [0.1, 0.15) is 17.0 Å². The lowest BCUT2D eigenvalue weighted by atomic mass is 10.2. The minimum absolute atomic E-state index is 0.306. The van der Waals surface area contributed by atoms with Crippen molar-refractivity contribution in [3.8, 4) is 22.8 Å². The van der Waals surface area contributed by atoms with Crippen LogP contribution in [0.1, 0.15) is 5.76 Å². The fourth-order valence-electron chi connectivity index (χ4n) is 3.37. The summed E-state index contributed by atoms with van der Waals surface area (Å²) in [7, 11) is 0. The molecule has 2 aromatic heterocycles. The van der Waals surface area contributed by atoms with E-state index in [-0.39, 0.29) is 5.91 Å². The predicted octanol–water partition coefficient (Wildman–Crippen LogP) is 8.32. The van der Waals surface area contributed by atoms with Crippen LogP contribution in [-0.4, -0.2) is 10.9 Å². The van der Waals surface area contributed by atoms with Gasteiger partial charge in [0.05, 0.1) is 15.6 Å². The van der Waals surface area contributed by atoms with E-state index in [1.165, 1.54) is 6.08 Å². The van der Waals surface area contributed by atoms with Gasteiger partial charge in [0.15, 0.2) is 5.58 Å². The summed E-state index contributed by atoms with van der Waals surface area (Å²) in [5, 5.41) is 3.98. The van der Waals surface area contributed by atoms with Crippen molar-refractivity contribution in [2.45, 2.75) is 0 Å². The molecule has 0 bridgehead atoms. The fourth-order valence-corrected chi connectivity index (χ4v) is 4.29. The first-order valence-corrected chi connectivity index (χ1v) is 12.0. The van der Waals surface area contributed by atoms with E-state index >= 15 is 0 Å². The van der Waals surface area contributed by atoms with Crippen LogP contribution in [0.25, 0.3) is 40.0 Å². The SMILES string of the molecule is O=C(/C=C/c1ccc(-c2ccccc2Cl)o1)Nc1ccc2oc(-c3cc(I)ccc3Cl)nc2c1. The molecule has 0 aliphatic heterocycles. The number of hydrogen-bond donors (Lipinski definition) is 1. The molecule has 0 radical (unpaired) electrons. The predicted molar refractivity (Wildman–Crippen MR) is 144 cm³/mol. The maximum atomic E-state index is 12.4. The van der Waals surface area contributed by atoms with Crippen LogP contribution in [0.5, 0.6) is 0 Å². The number of aromatic nitrogens is 1. The summed E-state index contributed by atoms with van der Waals surface area (Å²) >= 11 is 14.7. The van der Waals surface area contributed by atoms with Gasteiger partial charge in [-0.25, -0.2) is 4.98 Å². The van der Waals surface area contributed by atoms with Gasteiger partial charge >= 0.3 is 0 Å². The van der Waals surface area contributed by atoms with Gasteiger partial charge in [-0.1, -0.05) is 35.3 Å². The first kappa shape index (κ1) is 22.7. The van der Waals surface area contributed by atoms with Crippen molar-refractivity contribution >= 4 is 74.6 Å². The van der Waals surface area contributed by atoms with Gasteiger partial charge in [-0.05, 0) is 89.3 Å². The summed E-state index contributed by atoms with van der Waals surface area (Å²) in [6.07, 6.45) is 3.00. The minimum Gasteiger partial charge on any atom is -0.457 e. The number of furan rings is 1. The van der Waals surface area contributed by atoms with E-state index in [9.17, 15) is 4.79 Å². The number of hydrogen-bond acceptors (Lipinski definition) is 4. The molecule has 5 rings (SSSR count). The Balaban J connectivity index is 1.30. The third kappa shape index (κ3) is 4.89. The summed E-state index contributed by atoms with van der Waals surface area (Å²) in [6.45, 7) is 0. The molecule has 0 saturated carbocycles. The lowest BCUT2D eigenvalue weighted by Gasteiger charge is -2.01. The summed E-state index contributed by atoms with van der Waals surface area (Å²) in [5.41, 5.74) is 3.31. The second-order valence-corrected chi connectivity index (χ2v) is 9.39. The van der Waals surface area contributed by atoms with Crippen molar-refractivity contribution in [1.29, 1.82) is 0 Å². The first-order chi connectivity index (χ1) is 16.5. The quantitative estimate of drug-likeness (QED) is 0.163. The Hall–Kier alpha value is -3.07. The number of oxazole rings is 1. The smallest absolute Gasteiger partial charge is 0.248 e. The number of rotatable bonds is 5. The second-order valence-electron chi connectivity index (χ2n) is 7.33. The van der Waals surface area contributed by atoms with Crippen molar-refractivity contribution in [3.63, 3.8) is 0 Å². The molecule has 0 atom stereocenters. The van der Waals surface area contributed by atoms with Crippen LogP contribution < -0.4 is 5.32 Å². The van der Waals surface area contributed by atoms with Gasteiger partial charge in [0.25, 0.3) is 0 Å². The number of amides is 1. The van der Waals surface area contributed by atoms with Gasteiger partial charge in [-0.2, -0.15) is 0 Å². The molecule has 2 heterocycles. The van der Waals surface area contributed by atoms with Crippen LogP contribution >= 0.6 is 45.8 Å². The summed E-state index contributed by atoms with van der Waals surface area (Å²) in [5.74, 6) is 1.29. The molecule has 168 valence electrons. The molecule has 1 N–H and O–H groups in total. The van der Waals surface area contributed by atoms with Crippen molar-refractivity contribution in [3.05, 3.63) is 98.2 Å². The van der Waals surface area contributed by atoms with E-state index < -0.39 is 0 Å². The average Bonchev–Trinajstić information content (AvgIpc) is 3.46. The van der Waals surface area contributed by atoms with Crippen LogP contribution in [0.15, 0.2) is 87.7 Å². The maximum absolute atomic E-state index is 12.4. The Morgan fingerprint density at radius 1 is 0.912 bits per heavy atom. The maximum Gasteiger partial charge on any atom is 0.248 e. The van der Waals surface area contributed by atoms with Crippen LogP contribution in [0.2, 0.25) is 10.0 Å². The van der Waals surface area contributed by atoms with Crippen molar-refractivity contribution in [2.24, 2.45) is 0 Å². The molecule has 8 heteroatoms. The lowest BCUT2D eigenvalue weighted by Crippen LogP contribution is -2.07. The van der Waals surface area contributed by atoms with E-state index in [2.05, 4.69) is 32.9 Å². The molecule has 0 spiro atoms. The van der Waals surface area contributed by atoms with Crippen molar-refractivity contribution in [1.82, 2.24) is 4.98 Å². The number of halogens is 3. The highest BCUT2D eigenvalue weighted by Crippen LogP contribution is 2.32. The molecular weight excluding hydrogens is 586 g/mol. The molecular formula is C26H15Cl2IN2O3. The normalized spacial score (nSPS) is 11.4. The number of fused-ring (bicyclic) bond motifs is 1. The molecule has 5 nitrogen and oxygen atoms in total.